The van der Waals surface area contributed by atoms with Gasteiger partial charge in [0.1, 0.15) is 12.4 Å². The molecule has 1 aromatic carbocycles. The molecule has 0 aromatic heterocycles. The lowest BCUT2D eigenvalue weighted by atomic mass is 10.2. The van der Waals surface area contributed by atoms with Crippen LogP contribution in [-0.2, 0) is 20.9 Å². The smallest absolute Gasteiger partial charge is 0.308 e. The average molecular weight is 280 g/mol. The first kappa shape index (κ1) is 16.5. The Labute approximate surface area is 121 Å². The monoisotopic (exact) mass is 280 g/mol. The molecule has 1 unspecified atom stereocenters. The van der Waals surface area contributed by atoms with Crippen LogP contribution in [0.5, 0.6) is 5.75 Å². The highest BCUT2D eigenvalue weighted by molar-refractivity contribution is 5.71. The third kappa shape index (κ3) is 6.06. The standard InChI is InChI=1S/C16H24O4/c1-5-10-18-13(4)20-15-8-6-14(7-9-15)11-19-16(17)12(2)3/h6-9,12-13H,5,10-11H2,1-4H3. The number of rotatable bonds is 8. The van der Waals surface area contributed by atoms with E-state index in [1.54, 1.807) is 0 Å². The van der Waals surface area contributed by atoms with Crippen molar-refractivity contribution in [3.8, 4) is 5.75 Å². The molecule has 0 bridgehead atoms. The van der Waals surface area contributed by atoms with E-state index in [2.05, 4.69) is 6.92 Å². The summed E-state index contributed by atoms with van der Waals surface area (Å²) in [4.78, 5) is 11.4. The fourth-order valence-electron chi connectivity index (χ4n) is 1.49. The molecule has 1 aromatic rings. The van der Waals surface area contributed by atoms with Gasteiger partial charge in [0.2, 0.25) is 0 Å². The van der Waals surface area contributed by atoms with Crippen molar-refractivity contribution in [2.75, 3.05) is 6.61 Å². The van der Waals surface area contributed by atoms with Crippen LogP contribution in [0.2, 0.25) is 0 Å². The Morgan fingerprint density at radius 2 is 1.80 bits per heavy atom. The molecule has 112 valence electrons. The lowest BCUT2D eigenvalue weighted by Crippen LogP contribution is -2.16. The van der Waals surface area contributed by atoms with Crippen LogP contribution in [0.1, 0.15) is 39.7 Å². The Hall–Kier alpha value is -1.55. The second-order valence-electron chi connectivity index (χ2n) is 4.96. The summed E-state index contributed by atoms with van der Waals surface area (Å²) in [6, 6.07) is 7.47. The van der Waals surface area contributed by atoms with Crippen LogP contribution < -0.4 is 4.74 Å². The molecule has 0 saturated carbocycles. The first-order valence-electron chi connectivity index (χ1n) is 7.06. The van der Waals surface area contributed by atoms with E-state index in [1.807, 2.05) is 45.0 Å². The van der Waals surface area contributed by atoms with Gasteiger partial charge in [-0.2, -0.15) is 0 Å². The van der Waals surface area contributed by atoms with Gasteiger partial charge >= 0.3 is 5.97 Å². The molecule has 1 rings (SSSR count). The number of benzene rings is 1. The molecule has 4 nitrogen and oxygen atoms in total. The number of hydrogen-bond donors (Lipinski definition) is 0. The van der Waals surface area contributed by atoms with E-state index < -0.39 is 0 Å². The maximum absolute atomic E-state index is 11.4. The highest BCUT2D eigenvalue weighted by Crippen LogP contribution is 2.15. The quantitative estimate of drug-likeness (QED) is 0.539. The molecule has 1 atom stereocenters. The van der Waals surface area contributed by atoms with Gasteiger partial charge in [0.15, 0.2) is 6.29 Å². The summed E-state index contributed by atoms with van der Waals surface area (Å²) in [6.07, 6.45) is 0.702. The van der Waals surface area contributed by atoms with Crippen molar-refractivity contribution >= 4 is 5.97 Å². The number of hydrogen-bond acceptors (Lipinski definition) is 4. The van der Waals surface area contributed by atoms with Gasteiger partial charge in [-0.1, -0.05) is 32.9 Å². The summed E-state index contributed by atoms with van der Waals surface area (Å²) in [5.41, 5.74) is 0.938. The Kier molecular flexibility index (Phi) is 7.09. The Bertz CT molecular complexity index is 397. The minimum absolute atomic E-state index is 0.103. The third-order valence-corrected chi connectivity index (χ3v) is 2.63. The first-order chi connectivity index (χ1) is 9.52. The lowest BCUT2D eigenvalue weighted by Gasteiger charge is -2.15. The van der Waals surface area contributed by atoms with Crippen molar-refractivity contribution in [1.82, 2.24) is 0 Å². The molecular formula is C16H24O4. The molecule has 0 N–H and O–H groups in total. The SMILES string of the molecule is CCCOC(C)Oc1ccc(COC(=O)C(C)C)cc1. The summed E-state index contributed by atoms with van der Waals surface area (Å²) in [5.74, 6) is 0.452. The van der Waals surface area contributed by atoms with Gasteiger partial charge in [0.25, 0.3) is 0 Å². The second kappa shape index (κ2) is 8.59. The van der Waals surface area contributed by atoms with Crippen LogP contribution in [0.15, 0.2) is 24.3 Å². The molecule has 0 aliphatic heterocycles. The summed E-state index contributed by atoms with van der Waals surface area (Å²) in [7, 11) is 0. The van der Waals surface area contributed by atoms with E-state index in [0.717, 1.165) is 17.7 Å². The third-order valence-electron chi connectivity index (χ3n) is 2.63. The van der Waals surface area contributed by atoms with Crippen molar-refractivity contribution in [3.63, 3.8) is 0 Å². The molecular weight excluding hydrogens is 256 g/mol. The minimum Gasteiger partial charge on any atom is -0.465 e. The molecule has 0 aliphatic rings. The number of esters is 1. The zero-order chi connectivity index (χ0) is 15.0. The Morgan fingerprint density at radius 1 is 1.15 bits per heavy atom. The highest BCUT2D eigenvalue weighted by atomic mass is 16.7. The summed E-state index contributed by atoms with van der Waals surface area (Å²) >= 11 is 0. The molecule has 0 heterocycles. The summed E-state index contributed by atoms with van der Waals surface area (Å²) in [5, 5.41) is 0. The largest absolute Gasteiger partial charge is 0.465 e. The predicted octanol–water partition coefficient (Wildman–Crippen LogP) is 3.54. The number of ether oxygens (including phenoxy) is 3. The summed E-state index contributed by atoms with van der Waals surface area (Å²) < 4.78 is 16.2. The van der Waals surface area contributed by atoms with Gasteiger partial charge < -0.3 is 14.2 Å². The van der Waals surface area contributed by atoms with Gasteiger partial charge in [-0.25, -0.2) is 0 Å². The van der Waals surface area contributed by atoms with E-state index in [4.69, 9.17) is 14.2 Å². The molecule has 0 radical (unpaired) electrons. The van der Waals surface area contributed by atoms with Gasteiger partial charge in [-0.15, -0.1) is 0 Å². The zero-order valence-electron chi connectivity index (χ0n) is 12.7. The average Bonchev–Trinajstić information content (AvgIpc) is 2.43. The Balaban J connectivity index is 2.42. The summed E-state index contributed by atoms with van der Waals surface area (Å²) in [6.45, 7) is 8.53. The normalized spacial score (nSPS) is 12.2. The van der Waals surface area contributed by atoms with Crippen molar-refractivity contribution in [3.05, 3.63) is 29.8 Å². The van der Waals surface area contributed by atoms with Crippen molar-refractivity contribution in [1.29, 1.82) is 0 Å². The van der Waals surface area contributed by atoms with E-state index in [1.165, 1.54) is 0 Å². The molecule has 0 fully saturated rings. The second-order valence-corrected chi connectivity index (χ2v) is 4.96. The van der Waals surface area contributed by atoms with Crippen LogP contribution in [0.4, 0.5) is 0 Å². The Morgan fingerprint density at radius 3 is 2.35 bits per heavy atom. The minimum atomic E-state index is -0.264. The van der Waals surface area contributed by atoms with Crippen molar-refractivity contribution in [2.45, 2.75) is 47.0 Å². The maximum Gasteiger partial charge on any atom is 0.308 e. The van der Waals surface area contributed by atoms with Crippen LogP contribution in [0, 0.1) is 5.92 Å². The lowest BCUT2D eigenvalue weighted by molar-refractivity contribution is -0.148. The van der Waals surface area contributed by atoms with Gasteiger partial charge in [0.05, 0.1) is 12.5 Å². The molecule has 20 heavy (non-hydrogen) atoms. The molecule has 0 amide bonds. The van der Waals surface area contributed by atoms with E-state index in [0.29, 0.717) is 13.2 Å². The first-order valence-corrected chi connectivity index (χ1v) is 7.06. The van der Waals surface area contributed by atoms with Crippen LogP contribution in [-0.4, -0.2) is 18.9 Å². The predicted molar refractivity (Wildman–Crippen MR) is 77.4 cm³/mol. The van der Waals surface area contributed by atoms with Crippen LogP contribution in [0.3, 0.4) is 0 Å². The topological polar surface area (TPSA) is 44.8 Å². The van der Waals surface area contributed by atoms with Crippen LogP contribution >= 0.6 is 0 Å². The fraction of sp³-hybridized carbons (Fsp3) is 0.562. The molecule has 4 heteroatoms. The van der Waals surface area contributed by atoms with Gasteiger partial charge in [0, 0.05) is 0 Å². The number of carbonyl (C=O) groups is 1. The van der Waals surface area contributed by atoms with Gasteiger partial charge in [-0.3, -0.25) is 4.79 Å². The molecule has 0 spiro atoms. The van der Waals surface area contributed by atoms with Crippen molar-refractivity contribution < 1.29 is 19.0 Å². The van der Waals surface area contributed by atoms with Gasteiger partial charge in [-0.05, 0) is 31.0 Å². The van der Waals surface area contributed by atoms with E-state index in [-0.39, 0.29) is 18.2 Å². The highest BCUT2D eigenvalue weighted by Gasteiger charge is 2.08. The molecule has 0 saturated heterocycles. The number of carbonyl (C=O) groups excluding carboxylic acids is 1. The maximum atomic E-state index is 11.4. The zero-order valence-corrected chi connectivity index (χ0v) is 12.7. The van der Waals surface area contributed by atoms with E-state index in [9.17, 15) is 4.79 Å². The van der Waals surface area contributed by atoms with Crippen molar-refractivity contribution in [2.24, 2.45) is 5.92 Å². The van der Waals surface area contributed by atoms with E-state index >= 15 is 0 Å². The van der Waals surface area contributed by atoms with Crippen LogP contribution in [0.25, 0.3) is 0 Å². The molecule has 0 aliphatic carbocycles. The fourth-order valence-corrected chi connectivity index (χ4v) is 1.49.